The Morgan fingerprint density at radius 3 is 2.39 bits per heavy atom. The van der Waals surface area contributed by atoms with Crippen molar-refractivity contribution in [3.63, 3.8) is 0 Å². The molecule has 10 nitrogen and oxygen atoms in total. The number of esters is 1. The Kier molecular flexibility index (Phi) is 6.97. The number of benzene rings is 1. The molecule has 0 radical (unpaired) electrons. The van der Waals surface area contributed by atoms with Gasteiger partial charge in [0.25, 0.3) is 5.91 Å². The molecule has 3 amide bonds. The lowest BCUT2D eigenvalue weighted by molar-refractivity contribution is -0.123. The summed E-state index contributed by atoms with van der Waals surface area (Å²) in [7, 11) is 0.379. The second kappa shape index (κ2) is 9.02. The lowest BCUT2D eigenvalue weighted by Gasteiger charge is -2.22. The minimum atomic E-state index is -3.75. The molecule has 0 saturated carbocycles. The highest BCUT2D eigenvalue weighted by Crippen LogP contribution is 2.28. The van der Waals surface area contributed by atoms with Crippen molar-refractivity contribution >= 4 is 33.6 Å². The van der Waals surface area contributed by atoms with Gasteiger partial charge in [-0.15, -0.1) is 0 Å². The van der Waals surface area contributed by atoms with Crippen LogP contribution < -0.4 is 15.5 Å². The summed E-state index contributed by atoms with van der Waals surface area (Å²) in [6.07, 6.45) is 1.92. The van der Waals surface area contributed by atoms with Crippen molar-refractivity contribution in [1.82, 2.24) is 14.9 Å². The van der Waals surface area contributed by atoms with E-state index in [-0.39, 0.29) is 10.5 Å². The number of hydrogen-bond acceptors (Lipinski definition) is 7. The van der Waals surface area contributed by atoms with Gasteiger partial charge in [0.05, 0.1) is 16.1 Å². The molecule has 2 rings (SSSR count). The Balaban J connectivity index is 2.29. The van der Waals surface area contributed by atoms with Crippen LogP contribution >= 0.6 is 0 Å². The van der Waals surface area contributed by atoms with Crippen LogP contribution in [0.4, 0.5) is 10.5 Å². The van der Waals surface area contributed by atoms with Crippen LogP contribution in [-0.4, -0.2) is 71.5 Å². The highest BCUT2D eigenvalue weighted by atomic mass is 32.2. The number of nitrogens with zero attached hydrogens (tertiary/aromatic N) is 2. The Morgan fingerprint density at radius 1 is 1.18 bits per heavy atom. The topological polar surface area (TPSA) is 125 Å². The van der Waals surface area contributed by atoms with Gasteiger partial charge in [0.1, 0.15) is 0 Å². The third kappa shape index (κ3) is 4.98. The zero-order chi connectivity index (χ0) is 20.9. The summed E-state index contributed by atoms with van der Waals surface area (Å²) in [5, 5.41) is 4.18. The molecule has 1 aliphatic rings. The lowest BCUT2D eigenvalue weighted by Crippen LogP contribution is -2.39. The summed E-state index contributed by atoms with van der Waals surface area (Å²) >= 11 is 0. The van der Waals surface area contributed by atoms with Crippen LogP contribution in [0.5, 0.6) is 0 Å². The fourth-order valence-electron chi connectivity index (χ4n) is 2.72. The van der Waals surface area contributed by atoms with Gasteiger partial charge < -0.3 is 15.0 Å². The zero-order valence-electron chi connectivity index (χ0n) is 16.0. The summed E-state index contributed by atoms with van der Waals surface area (Å²) in [6.45, 7) is 0.796. The number of sulfonamides is 1. The number of carbonyl (C=O) groups is 3. The zero-order valence-corrected chi connectivity index (χ0v) is 16.8. The summed E-state index contributed by atoms with van der Waals surface area (Å²) < 4.78 is 30.9. The molecule has 154 valence electrons. The maximum Gasteiger partial charge on any atom is 0.340 e. The number of imide groups is 1. The van der Waals surface area contributed by atoms with E-state index < -0.39 is 34.5 Å². The molecule has 1 aliphatic heterocycles. The number of nitrogens with one attached hydrogen (secondary N) is 2. The maximum atomic E-state index is 12.6. The van der Waals surface area contributed by atoms with E-state index >= 15 is 0 Å². The van der Waals surface area contributed by atoms with Gasteiger partial charge in [0.15, 0.2) is 6.61 Å². The van der Waals surface area contributed by atoms with Gasteiger partial charge in [-0.1, -0.05) is 0 Å². The molecule has 1 aromatic rings. The highest BCUT2D eigenvalue weighted by Gasteiger charge is 2.25. The SMILES string of the molecule is CNC(=O)NC(=O)COC(=O)c1cc(S(=O)(=O)N(C)C)ccc1N1CCCC1. The number of urea groups is 1. The number of hydrogen-bond donors (Lipinski definition) is 2. The number of amides is 3. The van der Waals surface area contributed by atoms with E-state index in [1.807, 2.05) is 10.2 Å². The van der Waals surface area contributed by atoms with Crippen LogP contribution in [0.25, 0.3) is 0 Å². The molecule has 1 saturated heterocycles. The lowest BCUT2D eigenvalue weighted by atomic mass is 10.1. The molecule has 0 bridgehead atoms. The molecule has 0 aromatic heterocycles. The first kappa shape index (κ1) is 21.6. The van der Waals surface area contributed by atoms with Crippen molar-refractivity contribution < 1.29 is 27.5 Å². The minimum Gasteiger partial charge on any atom is -0.452 e. The second-order valence-corrected chi connectivity index (χ2v) is 8.52. The smallest absolute Gasteiger partial charge is 0.340 e. The van der Waals surface area contributed by atoms with Crippen LogP contribution in [0.3, 0.4) is 0 Å². The molecule has 1 aromatic carbocycles. The average Bonchev–Trinajstić information content (AvgIpc) is 3.19. The van der Waals surface area contributed by atoms with Crippen LogP contribution in [0.1, 0.15) is 23.2 Å². The number of anilines is 1. The Bertz CT molecular complexity index is 862. The Labute approximate surface area is 163 Å². The van der Waals surface area contributed by atoms with Crippen molar-refractivity contribution in [2.24, 2.45) is 0 Å². The van der Waals surface area contributed by atoms with Crippen molar-refractivity contribution in [3.05, 3.63) is 23.8 Å². The summed E-state index contributed by atoms with van der Waals surface area (Å²) in [4.78, 5) is 37.3. The van der Waals surface area contributed by atoms with E-state index in [0.29, 0.717) is 5.69 Å². The largest absolute Gasteiger partial charge is 0.452 e. The van der Waals surface area contributed by atoms with E-state index in [1.165, 1.54) is 33.3 Å². The van der Waals surface area contributed by atoms with Gasteiger partial charge in [-0.25, -0.2) is 22.3 Å². The number of ether oxygens (including phenoxy) is 1. The predicted molar refractivity (Wildman–Crippen MR) is 102 cm³/mol. The first-order valence-electron chi connectivity index (χ1n) is 8.67. The van der Waals surface area contributed by atoms with Gasteiger partial charge in [-0.3, -0.25) is 10.1 Å². The molecular formula is C17H24N4O6S. The first-order valence-corrected chi connectivity index (χ1v) is 10.1. The molecule has 11 heteroatoms. The van der Waals surface area contributed by atoms with Crippen molar-refractivity contribution in [3.8, 4) is 0 Å². The first-order chi connectivity index (χ1) is 13.2. The molecule has 0 unspecified atom stereocenters. The van der Waals surface area contributed by atoms with Gasteiger partial charge in [-0.2, -0.15) is 0 Å². The van der Waals surface area contributed by atoms with E-state index in [1.54, 1.807) is 6.07 Å². The Morgan fingerprint density at radius 2 is 1.82 bits per heavy atom. The summed E-state index contributed by atoms with van der Waals surface area (Å²) in [5.74, 6) is -1.64. The van der Waals surface area contributed by atoms with Crippen LogP contribution in [0.15, 0.2) is 23.1 Å². The maximum absolute atomic E-state index is 12.6. The van der Waals surface area contributed by atoms with Gasteiger partial charge in [0, 0.05) is 34.2 Å². The summed E-state index contributed by atoms with van der Waals surface area (Å²) in [5.41, 5.74) is 0.601. The van der Waals surface area contributed by atoms with Crippen molar-refractivity contribution in [2.75, 3.05) is 45.7 Å². The van der Waals surface area contributed by atoms with E-state index in [2.05, 4.69) is 5.32 Å². The quantitative estimate of drug-likeness (QED) is 0.637. The molecule has 2 N–H and O–H groups in total. The minimum absolute atomic E-state index is 0.0533. The standard InChI is InChI=1S/C17H24N4O6S/c1-18-17(24)19-15(22)11-27-16(23)13-10-12(28(25,26)20(2)3)6-7-14(13)21-8-4-5-9-21/h6-7,10H,4-5,8-9,11H2,1-3H3,(H2,18,19,22,24). The molecule has 0 atom stereocenters. The molecular weight excluding hydrogens is 388 g/mol. The van der Waals surface area contributed by atoms with Crippen molar-refractivity contribution in [2.45, 2.75) is 17.7 Å². The third-order valence-corrected chi connectivity index (χ3v) is 6.04. The van der Waals surface area contributed by atoms with E-state index in [0.717, 1.165) is 30.2 Å². The molecule has 1 heterocycles. The highest BCUT2D eigenvalue weighted by molar-refractivity contribution is 7.89. The predicted octanol–water partition coefficient (Wildman–Crippen LogP) is 0.150. The third-order valence-electron chi connectivity index (χ3n) is 4.23. The van der Waals surface area contributed by atoms with Gasteiger partial charge >= 0.3 is 12.0 Å². The number of rotatable bonds is 6. The van der Waals surface area contributed by atoms with Crippen LogP contribution in [-0.2, 0) is 19.6 Å². The number of carbonyl (C=O) groups excluding carboxylic acids is 3. The molecule has 0 aliphatic carbocycles. The fraction of sp³-hybridized carbons (Fsp3) is 0.471. The monoisotopic (exact) mass is 412 g/mol. The normalized spacial score (nSPS) is 14.1. The second-order valence-electron chi connectivity index (χ2n) is 6.36. The van der Waals surface area contributed by atoms with Gasteiger partial charge in [-0.05, 0) is 31.0 Å². The Hall–Kier alpha value is -2.66. The summed E-state index contributed by atoms with van der Waals surface area (Å²) in [6, 6.07) is 3.54. The van der Waals surface area contributed by atoms with E-state index in [4.69, 9.17) is 4.74 Å². The van der Waals surface area contributed by atoms with Gasteiger partial charge in [0.2, 0.25) is 10.0 Å². The molecule has 0 spiro atoms. The molecule has 28 heavy (non-hydrogen) atoms. The fourth-order valence-corrected chi connectivity index (χ4v) is 3.65. The molecule has 1 fully saturated rings. The average molecular weight is 412 g/mol. The van der Waals surface area contributed by atoms with E-state index in [9.17, 15) is 22.8 Å². The van der Waals surface area contributed by atoms with Crippen LogP contribution in [0, 0.1) is 0 Å². The van der Waals surface area contributed by atoms with Crippen LogP contribution in [0.2, 0.25) is 0 Å². The van der Waals surface area contributed by atoms with Crippen molar-refractivity contribution in [1.29, 1.82) is 0 Å².